The van der Waals surface area contributed by atoms with E-state index in [9.17, 15) is 8.78 Å². The molecule has 1 aliphatic rings. The molecular weight excluding hydrogens is 423 g/mol. The number of guanidine groups is 1. The van der Waals surface area contributed by atoms with Gasteiger partial charge in [0, 0.05) is 37.7 Å². The van der Waals surface area contributed by atoms with Gasteiger partial charge in [0.05, 0.1) is 0 Å². The quantitative estimate of drug-likeness (QED) is 0.221. The minimum Gasteiger partial charge on any atom is -0.353 e. The Labute approximate surface area is 160 Å². The van der Waals surface area contributed by atoms with E-state index in [0.29, 0.717) is 6.54 Å². The number of allylic oxidation sites excluding steroid dienone is 1. The first kappa shape index (κ1) is 20.9. The highest BCUT2D eigenvalue weighted by Crippen LogP contribution is 2.43. The normalized spacial score (nSPS) is 19.4. The van der Waals surface area contributed by atoms with Crippen LogP contribution in [0, 0.1) is 11.6 Å². The van der Waals surface area contributed by atoms with Crippen molar-refractivity contribution in [2.45, 2.75) is 38.1 Å². The SMILES string of the molecule is C=CCCCN(C)C(=NCC)NC1CC1c1c(F)cccc1F.I. The number of hydrogen-bond donors (Lipinski definition) is 1. The Morgan fingerprint density at radius 1 is 1.42 bits per heavy atom. The number of halogens is 3. The van der Waals surface area contributed by atoms with Crippen LogP contribution in [0.5, 0.6) is 0 Å². The molecule has 0 spiro atoms. The van der Waals surface area contributed by atoms with E-state index >= 15 is 0 Å². The van der Waals surface area contributed by atoms with E-state index in [1.165, 1.54) is 18.2 Å². The van der Waals surface area contributed by atoms with Crippen LogP contribution in [0.2, 0.25) is 0 Å². The molecule has 0 amide bonds. The lowest BCUT2D eigenvalue weighted by molar-refractivity contribution is 0.467. The van der Waals surface area contributed by atoms with Gasteiger partial charge >= 0.3 is 0 Å². The topological polar surface area (TPSA) is 27.6 Å². The molecule has 2 unspecified atom stereocenters. The van der Waals surface area contributed by atoms with Crippen molar-refractivity contribution in [2.24, 2.45) is 4.99 Å². The molecule has 3 nitrogen and oxygen atoms in total. The third kappa shape index (κ3) is 5.43. The van der Waals surface area contributed by atoms with Crippen molar-refractivity contribution in [1.82, 2.24) is 10.2 Å². The van der Waals surface area contributed by atoms with Crippen LogP contribution in [0.25, 0.3) is 0 Å². The number of hydrogen-bond acceptors (Lipinski definition) is 1. The Hall–Kier alpha value is -1.18. The molecule has 2 rings (SSSR count). The van der Waals surface area contributed by atoms with Gasteiger partial charge in [0.15, 0.2) is 5.96 Å². The zero-order chi connectivity index (χ0) is 16.8. The van der Waals surface area contributed by atoms with E-state index in [1.807, 2.05) is 20.0 Å². The van der Waals surface area contributed by atoms with E-state index in [1.54, 1.807) is 0 Å². The Morgan fingerprint density at radius 3 is 2.67 bits per heavy atom. The summed E-state index contributed by atoms with van der Waals surface area (Å²) in [5.41, 5.74) is 0.190. The molecule has 0 saturated heterocycles. The summed E-state index contributed by atoms with van der Waals surface area (Å²) in [6.45, 7) is 7.22. The summed E-state index contributed by atoms with van der Waals surface area (Å²) < 4.78 is 27.7. The molecule has 0 radical (unpaired) electrons. The first-order valence-corrected chi connectivity index (χ1v) is 8.15. The molecule has 24 heavy (non-hydrogen) atoms. The van der Waals surface area contributed by atoms with E-state index in [2.05, 4.69) is 21.8 Å². The van der Waals surface area contributed by atoms with Gasteiger partial charge in [-0.1, -0.05) is 12.1 Å². The van der Waals surface area contributed by atoms with Gasteiger partial charge in [0.1, 0.15) is 11.6 Å². The fraction of sp³-hybridized carbons (Fsp3) is 0.500. The van der Waals surface area contributed by atoms with Gasteiger partial charge < -0.3 is 10.2 Å². The molecule has 0 heterocycles. The third-order valence-corrected chi connectivity index (χ3v) is 4.05. The van der Waals surface area contributed by atoms with E-state index in [0.717, 1.165) is 31.8 Å². The summed E-state index contributed by atoms with van der Waals surface area (Å²) in [5.74, 6) is -0.263. The first-order valence-electron chi connectivity index (χ1n) is 8.15. The number of benzene rings is 1. The van der Waals surface area contributed by atoms with Crippen molar-refractivity contribution in [3.63, 3.8) is 0 Å². The molecule has 1 aromatic rings. The van der Waals surface area contributed by atoms with Crippen molar-refractivity contribution in [3.8, 4) is 0 Å². The van der Waals surface area contributed by atoms with Crippen molar-refractivity contribution < 1.29 is 8.78 Å². The van der Waals surface area contributed by atoms with Gasteiger partial charge in [-0.25, -0.2) is 8.78 Å². The van der Waals surface area contributed by atoms with Crippen molar-refractivity contribution in [2.75, 3.05) is 20.1 Å². The fourth-order valence-electron chi connectivity index (χ4n) is 2.71. The molecular formula is C18H26F2IN3. The van der Waals surface area contributed by atoms with E-state index in [-0.39, 0.29) is 41.5 Å². The van der Waals surface area contributed by atoms with Crippen LogP contribution >= 0.6 is 24.0 Å². The zero-order valence-corrected chi connectivity index (χ0v) is 16.6. The van der Waals surface area contributed by atoms with Crippen LogP contribution < -0.4 is 5.32 Å². The van der Waals surface area contributed by atoms with Crippen LogP contribution in [0.3, 0.4) is 0 Å². The Kier molecular flexibility index (Phi) is 8.66. The lowest BCUT2D eigenvalue weighted by Crippen LogP contribution is -2.41. The van der Waals surface area contributed by atoms with Crippen LogP contribution in [-0.4, -0.2) is 37.0 Å². The molecule has 1 saturated carbocycles. The summed E-state index contributed by atoms with van der Waals surface area (Å²) in [7, 11) is 1.98. The lowest BCUT2D eigenvalue weighted by atomic mass is 10.1. The summed E-state index contributed by atoms with van der Waals surface area (Å²) in [4.78, 5) is 6.53. The van der Waals surface area contributed by atoms with Gasteiger partial charge in [0.2, 0.25) is 0 Å². The maximum Gasteiger partial charge on any atom is 0.193 e. The second-order valence-electron chi connectivity index (χ2n) is 5.88. The molecule has 134 valence electrons. The molecule has 1 fully saturated rings. The number of aliphatic imine (C=N–C) groups is 1. The number of nitrogens with zero attached hydrogens (tertiary/aromatic N) is 2. The van der Waals surface area contributed by atoms with Gasteiger partial charge in [-0.15, -0.1) is 30.6 Å². The van der Waals surface area contributed by atoms with Crippen LogP contribution in [0.15, 0.2) is 35.8 Å². The van der Waals surface area contributed by atoms with Crippen molar-refractivity contribution in [3.05, 3.63) is 48.1 Å². The number of unbranched alkanes of at least 4 members (excludes halogenated alkanes) is 1. The molecule has 6 heteroatoms. The maximum absolute atomic E-state index is 13.8. The summed E-state index contributed by atoms with van der Waals surface area (Å²) >= 11 is 0. The smallest absolute Gasteiger partial charge is 0.193 e. The van der Waals surface area contributed by atoms with E-state index in [4.69, 9.17) is 0 Å². The molecule has 1 aromatic carbocycles. The van der Waals surface area contributed by atoms with E-state index < -0.39 is 11.6 Å². The number of rotatable bonds is 7. The van der Waals surface area contributed by atoms with Gasteiger partial charge in [-0.05, 0) is 38.3 Å². The Morgan fingerprint density at radius 2 is 2.08 bits per heavy atom. The maximum atomic E-state index is 13.8. The minimum absolute atomic E-state index is 0. The number of nitrogens with one attached hydrogen (secondary N) is 1. The lowest BCUT2D eigenvalue weighted by Gasteiger charge is -2.22. The predicted molar refractivity (Wildman–Crippen MR) is 106 cm³/mol. The molecule has 1 aliphatic carbocycles. The standard InChI is InChI=1S/C18H25F2N3.HI/c1-4-6-7-11-23(3)18(21-5-2)22-16-12-13(16)17-14(19)9-8-10-15(17)20;/h4,8-10,13,16H,1,5-7,11-12H2,2-3H3,(H,21,22);1H. The predicted octanol–water partition coefficient (Wildman–Crippen LogP) is 4.30. The summed E-state index contributed by atoms with van der Waals surface area (Å²) in [6, 6.07) is 4.07. The first-order chi connectivity index (χ1) is 11.1. The summed E-state index contributed by atoms with van der Waals surface area (Å²) in [5, 5.41) is 3.34. The highest BCUT2D eigenvalue weighted by molar-refractivity contribution is 14.0. The zero-order valence-electron chi connectivity index (χ0n) is 14.3. The average Bonchev–Trinajstić information content (AvgIpc) is 3.25. The van der Waals surface area contributed by atoms with Crippen LogP contribution in [0.1, 0.15) is 37.7 Å². The van der Waals surface area contributed by atoms with Gasteiger partial charge in [-0.3, -0.25) is 4.99 Å². The highest BCUT2D eigenvalue weighted by Gasteiger charge is 2.42. The third-order valence-electron chi connectivity index (χ3n) is 4.05. The monoisotopic (exact) mass is 449 g/mol. The average molecular weight is 449 g/mol. The van der Waals surface area contributed by atoms with Crippen LogP contribution in [-0.2, 0) is 0 Å². The Bertz CT molecular complexity index is 557. The van der Waals surface area contributed by atoms with Gasteiger partial charge in [0.25, 0.3) is 0 Å². The second kappa shape index (κ2) is 9.96. The van der Waals surface area contributed by atoms with Crippen molar-refractivity contribution in [1.29, 1.82) is 0 Å². The summed E-state index contributed by atoms with van der Waals surface area (Å²) in [6.07, 6.45) is 4.58. The molecule has 0 aliphatic heterocycles. The Balaban J connectivity index is 0.00000288. The van der Waals surface area contributed by atoms with Gasteiger partial charge in [-0.2, -0.15) is 0 Å². The fourth-order valence-corrected chi connectivity index (χ4v) is 2.71. The van der Waals surface area contributed by atoms with Crippen molar-refractivity contribution >= 4 is 29.9 Å². The minimum atomic E-state index is -0.465. The van der Waals surface area contributed by atoms with Crippen LogP contribution in [0.4, 0.5) is 8.78 Å². The second-order valence-corrected chi connectivity index (χ2v) is 5.88. The molecule has 0 bridgehead atoms. The molecule has 1 N–H and O–H groups in total. The largest absolute Gasteiger partial charge is 0.353 e. The highest BCUT2D eigenvalue weighted by atomic mass is 127. The molecule has 2 atom stereocenters. The molecule has 0 aromatic heterocycles.